The molecule has 4 nitrogen and oxygen atoms in total. The summed E-state index contributed by atoms with van der Waals surface area (Å²) in [5.74, 6) is 1.56. The number of hydrogen-bond donors (Lipinski definition) is 1. The minimum absolute atomic E-state index is 0.0827. The van der Waals surface area contributed by atoms with Gasteiger partial charge in [-0.05, 0) is 35.2 Å². The van der Waals surface area contributed by atoms with E-state index in [2.05, 4.69) is 48.4 Å². The zero-order chi connectivity index (χ0) is 14.8. The molecule has 1 aromatic carbocycles. The number of methoxy groups -OCH3 is 1. The van der Waals surface area contributed by atoms with Crippen molar-refractivity contribution in [1.82, 2.24) is 10.2 Å². The van der Waals surface area contributed by atoms with Crippen LogP contribution in [-0.2, 0) is 5.41 Å². The van der Waals surface area contributed by atoms with Gasteiger partial charge in [0.05, 0.1) is 12.8 Å². The highest BCUT2D eigenvalue weighted by molar-refractivity contribution is 5.68. The lowest BCUT2D eigenvalue weighted by molar-refractivity contribution is 0.415. The number of anilines is 1. The van der Waals surface area contributed by atoms with Gasteiger partial charge in [-0.1, -0.05) is 26.8 Å². The Morgan fingerprint density at radius 2 is 1.80 bits per heavy atom. The summed E-state index contributed by atoms with van der Waals surface area (Å²) in [6, 6.07) is 10.1. The van der Waals surface area contributed by atoms with Crippen LogP contribution < -0.4 is 10.1 Å². The van der Waals surface area contributed by atoms with Crippen LogP contribution in [0.15, 0.2) is 30.3 Å². The van der Waals surface area contributed by atoms with Crippen molar-refractivity contribution >= 4 is 5.82 Å². The molecule has 20 heavy (non-hydrogen) atoms. The number of rotatable bonds is 3. The highest BCUT2D eigenvalue weighted by atomic mass is 16.5. The maximum absolute atomic E-state index is 5.44. The van der Waals surface area contributed by atoms with Crippen LogP contribution in [0, 0.1) is 0 Å². The van der Waals surface area contributed by atoms with Gasteiger partial charge in [0.1, 0.15) is 11.6 Å². The molecule has 0 radical (unpaired) electrons. The van der Waals surface area contributed by atoms with E-state index in [1.165, 1.54) is 5.56 Å². The molecule has 0 atom stereocenters. The van der Waals surface area contributed by atoms with Crippen molar-refractivity contribution in [2.24, 2.45) is 0 Å². The molecule has 0 saturated carbocycles. The molecule has 0 amide bonds. The largest absolute Gasteiger partial charge is 0.496 e. The van der Waals surface area contributed by atoms with E-state index >= 15 is 0 Å². The molecule has 1 N–H and O–H groups in total. The molecule has 0 saturated heterocycles. The average Bonchev–Trinajstić information content (AvgIpc) is 2.45. The summed E-state index contributed by atoms with van der Waals surface area (Å²) in [4.78, 5) is 0. The van der Waals surface area contributed by atoms with Gasteiger partial charge in [0.2, 0.25) is 0 Å². The Bertz CT molecular complexity index is 586. The highest BCUT2D eigenvalue weighted by Gasteiger charge is 2.17. The van der Waals surface area contributed by atoms with E-state index in [0.717, 1.165) is 22.8 Å². The lowest BCUT2D eigenvalue weighted by Gasteiger charge is -2.21. The van der Waals surface area contributed by atoms with Crippen LogP contribution in [0.1, 0.15) is 26.3 Å². The fourth-order valence-corrected chi connectivity index (χ4v) is 1.98. The Labute approximate surface area is 120 Å². The molecule has 0 unspecified atom stereocenters. The maximum Gasteiger partial charge on any atom is 0.148 e. The van der Waals surface area contributed by atoms with Crippen molar-refractivity contribution in [2.75, 3.05) is 19.5 Å². The van der Waals surface area contributed by atoms with Gasteiger partial charge in [0.25, 0.3) is 0 Å². The van der Waals surface area contributed by atoms with Gasteiger partial charge in [0.15, 0.2) is 0 Å². The molecule has 0 fully saturated rings. The van der Waals surface area contributed by atoms with Crippen LogP contribution in [0.25, 0.3) is 11.3 Å². The molecular formula is C16H21N3O. The third-order valence-electron chi connectivity index (χ3n) is 3.26. The van der Waals surface area contributed by atoms with Crippen molar-refractivity contribution in [3.05, 3.63) is 35.9 Å². The maximum atomic E-state index is 5.44. The Morgan fingerprint density at radius 3 is 2.30 bits per heavy atom. The second-order valence-electron chi connectivity index (χ2n) is 5.72. The van der Waals surface area contributed by atoms with Gasteiger partial charge in [-0.25, -0.2) is 0 Å². The fraction of sp³-hybridized carbons (Fsp3) is 0.375. The minimum Gasteiger partial charge on any atom is -0.496 e. The lowest BCUT2D eigenvalue weighted by atomic mass is 9.85. The van der Waals surface area contributed by atoms with Crippen LogP contribution in [0.2, 0.25) is 0 Å². The monoisotopic (exact) mass is 271 g/mol. The molecule has 0 bridgehead atoms. The quantitative estimate of drug-likeness (QED) is 0.928. The van der Waals surface area contributed by atoms with Crippen molar-refractivity contribution in [1.29, 1.82) is 0 Å². The van der Waals surface area contributed by atoms with E-state index in [9.17, 15) is 0 Å². The highest BCUT2D eigenvalue weighted by Crippen LogP contribution is 2.33. The van der Waals surface area contributed by atoms with Gasteiger partial charge in [-0.2, -0.15) is 0 Å². The molecular weight excluding hydrogens is 250 g/mol. The molecule has 2 aromatic rings. The SMILES string of the molecule is CNc1ccc(-c2cc(C(C)(C)C)ccc2OC)nn1. The number of nitrogens with zero attached hydrogens (tertiary/aromatic N) is 2. The standard InChI is InChI=1S/C16H21N3O/c1-16(2,3)11-6-8-14(20-5)12(10-11)13-7-9-15(17-4)19-18-13/h6-10H,1-5H3,(H,17,19). The summed E-state index contributed by atoms with van der Waals surface area (Å²) in [7, 11) is 3.50. The Morgan fingerprint density at radius 1 is 1.05 bits per heavy atom. The molecule has 0 aliphatic carbocycles. The zero-order valence-electron chi connectivity index (χ0n) is 12.7. The molecule has 0 aliphatic rings. The number of ether oxygens (including phenoxy) is 1. The number of aromatic nitrogens is 2. The van der Waals surface area contributed by atoms with Crippen molar-refractivity contribution in [2.45, 2.75) is 26.2 Å². The smallest absolute Gasteiger partial charge is 0.148 e. The molecule has 106 valence electrons. The Kier molecular flexibility index (Phi) is 3.93. The lowest BCUT2D eigenvalue weighted by Crippen LogP contribution is -2.11. The molecule has 2 rings (SSSR count). The predicted molar refractivity (Wildman–Crippen MR) is 82.3 cm³/mol. The third-order valence-corrected chi connectivity index (χ3v) is 3.26. The molecule has 0 aliphatic heterocycles. The van der Waals surface area contributed by atoms with Crippen molar-refractivity contribution < 1.29 is 4.74 Å². The second kappa shape index (κ2) is 5.49. The van der Waals surface area contributed by atoms with Crippen LogP contribution in [0.3, 0.4) is 0 Å². The summed E-state index contributed by atoms with van der Waals surface area (Å²) >= 11 is 0. The van der Waals surface area contributed by atoms with E-state index in [1.807, 2.05) is 25.2 Å². The predicted octanol–water partition coefficient (Wildman–Crippen LogP) is 3.49. The van der Waals surface area contributed by atoms with E-state index in [0.29, 0.717) is 0 Å². The fourth-order valence-electron chi connectivity index (χ4n) is 1.98. The van der Waals surface area contributed by atoms with E-state index in [-0.39, 0.29) is 5.41 Å². The van der Waals surface area contributed by atoms with E-state index in [4.69, 9.17) is 4.74 Å². The van der Waals surface area contributed by atoms with Crippen molar-refractivity contribution in [3.8, 4) is 17.0 Å². The van der Waals surface area contributed by atoms with Gasteiger partial charge in [-0.15, -0.1) is 10.2 Å². The first-order valence-electron chi connectivity index (χ1n) is 6.66. The van der Waals surface area contributed by atoms with Gasteiger partial charge >= 0.3 is 0 Å². The van der Waals surface area contributed by atoms with Crippen molar-refractivity contribution in [3.63, 3.8) is 0 Å². The topological polar surface area (TPSA) is 47.0 Å². The molecule has 1 aromatic heterocycles. The number of hydrogen-bond acceptors (Lipinski definition) is 4. The average molecular weight is 271 g/mol. The second-order valence-corrected chi connectivity index (χ2v) is 5.72. The minimum atomic E-state index is 0.0827. The third kappa shape index (κ3) is 2.90. The first-order valence-corrected chi connectivity index (χ1v) is 6.66. The van der Waals surface area contributed by atoms with E-state index < -0.39 is 0 Å². The number of benzene rings is 1. The Hall–Kier alpha value is -2.10. The number of nitrogens with one attached hydrogen (secondary N) is 1. The normalized spacial score (nSPS) is 11.2. The van der Waals surface area contributed by atoms with Crippen LogP contribution >= 0.6 is 0 Å². The summed E-state index contributed by atoms with van der Waals surface area (Å²) < 4.78 is 5.44. The zero-order valence-corrected chi connectivity index (χ0v) is 12.7. The summed E-state index contributed by atoms with van der Waals surface area (Å²) in [6.45, 7) is 6.57. The Balaban J connectivity index is 2.52. The van der Waals surface area contributed by atoms with Crippen LogP contribution in [0.5, 0.6) is 5.75 Å². The van der Waals surface area contributed by atoms with Gasteiger partial charge in [0, 0.05) is 12.6 Å². The van der Waals surface area contributed by atoms with Crippen LogP contribution in [0.4, 0.5) is 5.82 Å². The van der Waals surface area contributed by atoms with E-state index in [1.54, 1.807) is 7.11 Å². The van der Waals surface area contributed by atoms with Crippen LogP contribution in [-0.4, -0.2) is 24.4 Å². The molecule has 1 heterocycles. The molecule has 0 spiro atoms. The van der Waals surface area contributed by atoms with Gasteiger partial charge in [-0.3, -0.25) is 0 Å². The first-order chi connectivity index (χ1) is 9.45. The van der Waals surface area contributed by atoms with Gasteiger partial charge < -0.3 is 10.1 Å². The first kappa shape index (κ1) is 14.3. The summed E-state index contributed by atoms with van der Waals surface area (Å²) in [6.07, 6.45) is 0. The summed E-state index contributed by atoms with van der Waals surface area (Å²) in [5.41, 5.74) is 3.11. The summed E-state index contributed by atoms with van der Waals surface area (Å²) in [5, 5.41) is 11.3. The molecule has 4 heteroatoms.